The minimum atomic E-state index is -1.97. The smallest absolute Gasteiger partial charge is 0.217 e. The zero-order chi connectivity index (χ0) is 50.6. The number of nitrogens with one attached hydrogen (secondary N) is 1. The van der Waals surface area contributed by atoms with Crippen LogP contribution in [0.15, 0.2) is 12.2 Å². The van der Waals surface area contributed by atoms with Crippen molar-refractivity contribution in [3.05, 3.63) is 12.2 Å². The van der Waals surface area contributed by atoms with Crippen LogP contribution >= 0.6 is 0 Å². The van der Waals surface area contributed by atoms with Gasteiger partial charge in [-0.15, -0.1) is 0 Å². The van der Waals surface area contributed by atoms with Gasteiger partial charge in [0.1, 0.15) is 73.2 Å². The molecule has 19 heteroatoms. The lowest BCUT2D eigenvalue weighted by Crippen LogP contribution is -2.66. The highest BCUT2D eigenvalue weighted by Crippen LogP contribution is 2.33. The number of carbonyl (C=O) groups is 1. The molecule has 3 heterocycles. The van der Waals surface area contributed by atoms with Gasteiger partial charge in [-0.3, -0.25) is 4.79 Å². The van der Waals surface area contributed by atoms with Crippen LogP contribution < -0.4 is 5.32 Å². The normalized spacial score (nSPS) is 32.9. The predicted octanol–water partition coefficient (Wildman–Crippen LogP) is 2.26. The predicted molar refractivity (Wildman–Crippen MR) is 254 cm³/mol. The molecule has 0 radical (unpaired) electrons. The average Bonchev–Trinajstić information content (AvgIpc) is 3.34. The highest BCUT2D eigenvalue weighted by molar-refractivity contribution is 5.73. The molecular formula is C50H93NO18. The number of hydrogen-bond donors (Lipinski definition) is 12. The van der Waals surface area contributed by atoms with Gasteiger partial charge in [-0.05, 0) is 12.8 Å². The standard InChI is InChI=1S/C50H93NO18/c1-3-4-5-6-7-8-9-10-11-12-13-14-15-16-17-18-19-20-21-22-23-24-25-26-27-28-35(56)34(51-33(2)55)32-64-48-44(62)41(59)46(37(30-53)66-48)69-50-45(63)42(60)47(38(31-54)67-50)68-49-43(61)40(58)39(57)36(29-52)65-49/h27-28,34-50,52-54,56-63H,3-26,29-32H2,1-2H3,(H,51,55)/b28-27+. The third kappa shape index (κ3) is 21.9. The summed E-state index contributed by atoms with van der Waals surface area (Å²) in [6.07, 6.45) is 7.82. The largest absolute Gasteiger partial charge is 0.394 e. The quantitative estimate of drug-likeness (QED) is 0.0314. The van der Waals surface area contributed by atoms with E-state index in [0.29, 0.717) is 0 Å². The molecule has 19 nitrogen and oxygen atoms in total. The number of hydrogen-bond acceptors (Lipinski definition) is 18. The molecule has 0 saturated carbocycles. The molecule has 1 amide bonds. The minimum absolute atomic E-state index is 0.368. The third-order valence-corrected chi connectivity index (χ3v) is 13.6. The molecule has 406 valence electrons. The average molecular weight is 996 g/mol. The Morgan fingerprint density at radius 1 is 0.507 bits per heavy atom. The van der Waals surface area contributed by atoms with Crippen molar-refractivity contribution in [1.82, 2.24) is 5.32 Å². The Bertz CT molecular complexity index is 1330. The van der Waals surface area contributed by atoms with Crippen molar-refractivity contribution in [2.45, 2.75) is 272 Å². The van der Waals surface area contributed by atoms with Gasteiger partial charge in [-0.1, -0.05) is 160 Å². The molecule has 0 aromatic carbocycles. The second-order valence-corrected chi connectivity index (χ2v) is 19.4. The van der Waals surface area contributed by atoms with Crippen LogP contribution in [0.5, 0.6) is 0 Å². The number of unbranched alkanes of at least 4 members (excludes halogenated alkanes) is 23. The topological polar surface area (TPSA) is 307 Å². The first-order chi connectivity index (χ1) is 33.3. The summed E-state index contributed by atoms with van der Waals surface area (Å²) in [5, 5.41) is 118. The van der Waals surface area contributed by atoms with E-state index in [1.807, 2.05) is 6.08 Å². The van der Waals surface area contributed by atoms with Crippen molar-refractivity contribution in [3.8, 4) is 0 Å². The van der Waals surface area contributed by atoms with Crippen LogP contribution in [0.4, 0.5) is 0 Å². The Hall–Kier alpha value is -1.47. The maximum Gasteiger partial charge on any atom is 0.217 e. The van der Waals surface area contributed by atoms with Crippen molar-refractivity contribution in [2.75, 3.05) is 26.4 Å². The van der Waals surface area contributed by atoms with Crippen LogP contribution in [0.2, 0.25) is 0 Å². The van der Waals surface area contributed by atoms with Crippen LogP contribution in [-0.4, -0.2) is 193 Å². The fourth-order valence-corrected chi connectivity index (χ4v) is 9.28. The number of amides is 1. The third-order valence-electron chi connectivity index (χ3n) is 13.6. The Morgan fingerprint density at radius 3 is 1.28 bits per heavy atom. The van der Waals surface area contributed by atoms with E-state index < -0.39 is 130 Å². The fourth-order valence-electron chi connectivity index (χ4n) is 9.28. The van der Waals surface area contributed by atoms with E-state index in [4.69, 9.17) is 28.4 Å². The van der Waals surface area contributed by atoms with E-state index in [0.717, 1.165) is 25.7 Å². The maximum atomic E-state index is 12.0. The van der Waals surface area contributed by atoms with Gasteiger partial charge >= 0.3 is 0 Å². The lowest BCUT2D eigenvalue weighted by atomic mass is 9.96. The molecule has 17 atom stereocenters. The van der Waals surface area contributed by atoms with Crippen molar-refractivity contribution >= 4 is 5.91 Å². The Morgan fingerprint density at radius 2 is 0.870 bits per heavy atom. The first kappa shape index (κ1) is 61.8. The second-order valence-electron chi connectivity index (χ2n) is 19.4. The lowest BCUT2D eigenvalue weighted by Gasteiger charge is -2.48. The molecule has 0 spiro atoms. The molecular weight excluding hydrogens is 903 g/mol. The van der Waals surface area contributed by atoms with Gasteiger partial charge in [-0.25, -0.2) is 0 Å². The van der Waals surface area contributed by atoms with Gasteiger partial charge in [0.05, 0.1) is 38.6 Å². The molecule has 3 aliphatic heterocycles. The molecule has 0 aromatic rings. The zero-order valence-electron chi connectivity index (χ0n) is 41.5. The molecule has 0 aromatic heterocycles. The highest BCUT2D eigenvalue weighted by Gasteiger charge is 2.53. The molecule has 3 rings (SSSR count). The van der Waals surface area contributed by atoms with Gasteiger partial charge in [0, 0.05) is 6.92 Å². The molecule has 69 heavy (non-hydrogen) atoms. The van der Waals surface area contributed by atoms with Gasteiger partial charge in [0.15, 0.2) is 18.9 Å². The van der Waals surface area contributed by atoms with Gasteiger partial charge in [0.25, 0.3) is 0 Å². The molecule has 3 aliphatic rings. The van der Waals surface area contributed by atoms with Crippen molar-refractivity contribution < 1.29 is 89.4 Å². The van der Waals surface area contributed by atoms with Crippen LogP contribution in [0.3, 0.4) is 0 Å². The van der Waals surface area contributed by atoms with E-state index in [1.165, 1.54) is 135 Å². The van der Waals surface area contributed by atoms with Crippen molar-refractivity contribution in [3.63, 3.8) is 0 Å². The van der Waals surface area contributed by atoms with Crippen LogP contribution in [-0.2, 0) is 33.2 Å². The minimum Gasteiger partial charge on any atom is -0.394 e. The first-order valence-corrected chi connectivity index (χ1v) is 26.4. The summed E-state index contributed by atoms with van der Waals surface area (Å²) >= 11 is 0. The molecule has 0 bridgehead atoms. The molecule has 17 unspecified atom stereocenters. The summed E-state index contributed by atoms with van der Waals surface area (Å²) in [6.45, 7) is 0.759. The van der Waals surface area contributed by atoms with Crippen LogP contribution in [0.1, 0.15) is 168 Å². The van der Waals surface area contributed by atoms with E-state index in [-0.39, 0.29) is 6.61 Å². The number of rotatable bonds is 37. The summed E-state index contributed by atoms with van der Waals surface area (Å²) in [7, 11) is 0. The summed E-state index contributed by atoms with van der Waals surface area (Å²) in [6, 6.07) is -0.969. The first-order valence-electron chi connectivity index (χ1n) is 26.4. The summed E-state index contributed by atoms with van der Waals surface area (Å²) in [5.74, 6) is -0.451. The molecule has 3 saturated heterocycles. The highest BCUT2D eigenvalue weighted by atomic mass is 16.8. The van der Waals surface area contributed by atoms with E-state index in [2.05, 4.69) is 12.2 Å². The maximum absolute atomic E-state index is 12.0. The molecule has 0 aliphatic carbocycles. The Labute approximate surface area is 410 Å². The Balaban J connectivity index is 1.31. The number of aliphatic hydroxyl groups is 11. The van der Waals surface area contributed by atoms with Gasteiger partial charge < -0.3 is 89.9 Å². The summed E-state index contributed by atoms with van der Waals surface area (Å²) < 4.78 is 33.6. The number of ether oxygens (including phenoxy) is 6. The van der Waals surface area contributed by atoms with Gasteiger partial charge in [-0.2, -0.15) is 0 Å². The lowest BCUT2D eigenvalue weighted by molar-refractivity contribution is -0.379. The van der Waals surface area contributed by atoms with Crippen molar-refractivity contribution in [1.29, 1.82) is 0 Å². The van der Waals surface area contributed by atoms with Crippen molar-refractivity contribution in [2.24, 2.45) is 0 Å². The van der Waals surface area contributed by atoms with Gasteiger partial charge in [0.2, 0.25) is 5.91 Å². The molecule has 12 N–H and O–H groups in total. The Kier molecular flexibility index (Phi) is 31.9. The number of carbonyl (C=O) groups excluding carboxylic acids is 1. The SMILES string of the molecule is CCCCCCCCCCCCCCCCCCCCCCCCC/C=C/C(O)C(COC1OC(CO)C(OC2OC(CO)C(OC3OC(CO)C(O)C(O)C3O)C(O)C2O)C(O)C1O)NC(C)=O. The van der Waals surface area contributed by atoms with Crippen LogP contribution in [0, 0.1) is 0 Å². The number of allylic oxidation sites excluding steroid dienone is 1. The summed E-state index contributed by atoms with van der Waals surface area (Å²) in [4.78, 5) is 12.0. The summed E-state index contributed by atoms with van der Waals surface area (Å²) in [5.41, 5.74) is 0. The van der Waals surface area contributed by atoms with E-state index >= 15 is 0 Å². The fraction of sp³-hybridized carbons (Fsp3) is 0.940. The monoisotopic (exact) mass is 996 g/mol. The second kappa shape index (κ2) is 35.6. The molecule has 3 fully saturated rings. The van der Waals surface area contributed by atoms with E-state index in [9.17, 15) is 61.0 Å². The van der Waals surface area contributed by atoms with Crippen LogP contribution in [0.25, 0.3) is 0 Å². The van der Waals surface area contributed by atoms with E-state index in [1.54, 1.807) is 6.08 Å². The number of aliphatic hydroxyl groups excluding tert-OH is 11. The zero-order valence-corrected chi connectivity index (χ0v) is 41.5.